The van der Waals surface area contributed by atoms with Gasteiger partial charge in [0.15, 0.2) is 0 Å². The summed E-state index contributed by atoms with van der Waals surface area (Å²) in [7, 11) is 0. The normalized spacial score (nSPS) is 25.9. The third-order valence-electron chi connectivity index (χ3n) is 2.19. The molecule has 2 atom stereocenters. The molecule has 0 aliphatic carbocycles. The van der Waals surface area contributed by atoms with Gasteiger partial charge in [-0.3, -0.25) is 4.79 Å². The number of esters is 1. The zero-order valence-corrected chi connectivity index (χ0v) is 10.2. The Morgan fingerprint density at radius 1 is 1.50 bits per heavy atom. The summed E-state index contributed by atoms with van der Waals surface area (Å²) < 4.78 is 10.0. The molecule has 0 aromatic carbocycles. The van der Waals surface area contributed by atoms with Crippen LogP contribution in [0.5, 0.6) is 0 Å². The van der Waals surface area contributed by atoms with Crippen molar-refractivity contribution in [2.24, 2.45) is 5.92 Å². The van der Waals surface area contributed by atoms with E-state index in [4.69, 9.17) is 9.47 Å². The molecule has 0 saturated carbocycles. The molecule has 0 aromatic rings. The molecule has 1 fully saturated rings. The maximum absolute atomic E-state index is 11.4. The first-order valence-corrected chi connectivity index (χ1v) is 5.44. The average molecular weight is 229 g/mol. The van der Waals surface area contributed by atoms with Crippen molar-refractivity contribution in [2.75, 3.05) is 6.61 Å². The van der Waals surface area contributed by atoms with Gasteiger partial charge in [-0.2, -0.15) is 0 Å². The van der Waals surface area contributed by atoms with Gasteiger partial charge in [0, 0.05) is 0 Å². The van der Waals surface area contributed by atoms with Crippen molar-refractivity contribution < 1.29 is 19.1 Å². The highest BCUT2D eigenvalue weighted by molar-refractivity contribution is 5.73. The Bertz CT molecular complexity index is 282. The molecule has 0 spiro atoms. The zero-order chi connectivity index (χ0) is 12.3. The van der Waals surface area contributed by atoms with Gasteiger partial charge in [-0.25, -0.2) is 4.79 Å². The molecule has 5 heteroatoms. The predicted octanol–water partition coefficient (Wildman–Crippen LogP) is 1.46. The van der Waals surface area contributed by atoms with Crippen molar-refractivity contribution in [3.8, 4) is 0 Å². The molecule has 1 saturated heterocycles. The van der Waals surface area contributed by atoms with E-state index in [9.17, 15) is 9.59 Å². The Morgan fingerprint density at radius 2 is 2.12 bits per heavy atom. The minimum atomic E-state index is -0.513. The smallest absolute Gasteiger partial charge is 0.407 e. The maximum Gasteiger partial charge on any atom is 0.407 e. The molecule has 1 amide bonds. The largest absolute Gasteiger partial charge is 0.463 e. The second-order valence-electron chi connectivity index (χ2n) is 5.11. The molecule has 5 nitrogen and oxygen atoms in total. The van der Waals surface area contributed by atoms with E-state index in [2.05, 4.69) is 5.32 Å². The van der Waals surface area contributed by atoms with E-state index in [-0.39, 0.29) is 24.5 Å². The van der Waals surface area contributed by atoms with Crippen LogP contribution in [0.1, 0.15) is 34.1 Å². The Balaban J connectivity index is 2.38. The summed E-state index contributed by atoms with van der Waals surface area (Å²) in [5, 5.41) is 2.69. The zero-order valence-electron chi connectivity index (χ0n) is 10.2. The second-order valence-corrected chi connectivity index (χ2v) is 5.11. The van der Waals surface area contributed by atoms with E-state index in [1.807, 2.05) is 0 Å². The van der Waals surface area contributed by atoms with Crippen LogP contribution in [0.2, 0.25) is 0 Å². The van der Waals surface area contributed by atoms with E-state index < -0.39 is 11.7 Å². The van der Waals surface area contributed by atoms with E-state index in [1.54, 1.807) is 27.7 Å². The molecule has 0 radical (unpaired) electrons. The van der Waals surface area contributed by atoms with Crippen LogP contribution in [0, 0.1) is 5.92 Å². The first-order valence-electron chi connectivity index (χ1n) is 5.44. The predicted molar refractivity (Wildman–Crippen MR) is 57.9 cm³/mol. The lowest BCUT2D eigenvalue weighted by Crippen LogP contribution is -2.46. The number of ether oxygens (including phenoxy) is 2. The van der Waals surface area contributed by atoms with Crippen LogP contribution < -0.4 is 5.32 Å². The van der Waals surface area contributed by atoms with Gasteiger partial charge in [0.1, 0.15) is 12.2 Å². The van der Waals surface area contributed by atoms with Crippen LogP contribution in [-0.2, 0) is 14.3 Å². The Morgan fingerprint density at radius 3 is 2.62 bits per heavy atom. The molecular weight excluding hydrogens is 210 g/mol. The molecule has 92 valence electrons. The SMILES string of the molecule is CC1CC(NC(=O)OC(C)(C)C)COC1=O. The Kier molecular flexibility index (Phi) is 3.78. The first-order chi connectivity index (χ1) is 7.28. The summed E-state index contributed by atoms with van der Waals surface area (Å²) in [5.74, 6) is -0.379. The summed E-state index contributed by atoms with van der Waals surface area (Å²) in [4.78, 5) is 22.5. The number of cyclic esters (lactones) is 1. The third-order valence-corrected chi connectivity index (χ3v) is 2.19. The fourth-order valence-electron chi connectivity index (χ4n) is 1.49. The Labute approximate surface area is 95.5 Å². The van der Waals surface area contributed by atoms with Crippen LogP contribution in [0.4, 0.5) is 4.79 Å². The second kappa shape index (κ2) is 4.72. The number of amides is 1. The molecule has 16 heavy (non-hydrogen) atoms. The lowest BCUT2D eigenvalue weighted by molar-refractivity contribution is -0.153. The number of alkyl carbamates (subject to hydrolysis) is 1. The van der Waals surface area contributed by atoms with Gasteiger partial charge in [0.2, 0.25) is 0 Å². The van der Waals surface area contributed by atoms with Crippen molar-refractivity contribution in [3.05, 3.63) is 0 Å². The molecule has 1 rings (SSSR count). The highest BCUT2D eigenvalue weighted by atomic mass is 16.6. The van der Waals surface area contributed by atoms with Crippen LogP contribution >= 0.6 is 0 Å². The van der Waals surface area contributed by atoms with Crippen molar-refractivity contribution in [1.29, 1.82) is 0 Å². The lowest BCUT2D eigenvalue weighted by atomic mass is 10.0. The number of carbonyl (C=O) groups excluding carboxylic acids is 2. The summed E-state index contributed by atoms with van der Waals surface area (Å²) in [6.07, 6.45) is 0.126. The van der Waals surface area contributed by atoms with Gasteiger partial charge >= 0.3 is 12.1 Å². The minimum absolute atomic E-state index is 0.150. The summed E-state index contributed by atoms with van der Waals surface area (Å²) >= 11 is 0. The minimum Gasteiger partial charge on any atom is -0.463 e. The first kappa shape index (κ1) is 12.8. The van der Waals surface area contributed by atoms with Crippen molar-refractivity contribution >= 4 is 12.1 Å². The van der Waals surface area contributed by atoms with E-state index in [1.165, 1.54) is 0 Å². The van der Waals surface area contributed by atoms with Crippen molar-refractivity contribution in [3.63, 3.8) is 0 Å². The standard InChI is InChI=1S/C11H19NO4/c1-7-5-8(6-15-9(7)13)12-10(14)16-11(2,3)4/h7-8H,5-6H2,1-4H3,(H,12,14). The topological polar surface area (TPSA) is 64.6 Å². The number of hydrogen-bond acceptors (Lipinski definition) is 4. The lowest BCUT2D eigenvalue weighted by Gasteiger charge is -2.28. The number of nitrogens with one attached hydrogen (secondary N) is 1. The molecule has 1 aliphatic heterocycles. The molecule has 0 aromatic heterocycles. The highest BCUT2D eigenvalue weighted by Crippen LogP contribution is 2.15. The highest BCUT2D eigenvalue weighted by Gasteiger charge is 2.29. The van der Waals surface area contributed by atoms with Crippen molar-refractivity contribution in [2.45, 2.75) is 45.8 Å². The van der Waals surface area contributed by atoms with Crippen LogP contribution in [-0.4, -0.2) is 30.3 Å². The van der Waals surface area contributed by atoms with E-state index >= 15 is 0 Å². The van der Waals surface area contributed by atoms with Gasteiger partial charge in [0.25, 0.3) is 0 Å². The maximum atomic E-state index is 11.4. The van der Waals surface area contributed by atoms with E-state index in [0.29, 0.717) is 6.42 Å². The van der Waals surface area contributed by atoms with Gasteiger partial charge in [-0.15, -0.1) is 0 Å². The molecule has 2 unspecified atom stereocenters. The summed E-state index contributed by atoms with van der Waals surface area (Å²) in [5.41, 5.74) is -0.513. The monoisotopic (exact) mass is 229 g/mol. The number of carbonyl (C=O) groups is 2. The fraction of sp³-hybridized carbons (Fsp3) is 0.818. The average Bonchev–Trinajstić information content (AvgIpc) is 2.08. The van der Waals surface area contributed by atoms with E-state index in [0.717, 1.165) is 0 Å². The molecule has 1 aliphatic rings. The van der Waals surface area contributed by atoms with Crippen molar-refractivity contribution in [1.82, 2.24) is 5.32 Å². The Hall–Kier alpha value is -1.26. The van der Waals surface area contributed by atoms with Gasteiger partial charge in [0.05, 0.1) is 12.0 Å². The number of rotatable bonds is 1. The number of hydrogen-bond donors (Lipinski definition) is 1. The van der Waals surface area contributed by atoms with Crippen LogP contribution in [0.3, 0.4) is 0 Å². The third kappa shape index (κ3) is 4.08. The van der Waals surface area contributed by atoms with Crippen LogP contribution in [0.15, 0.2) is 0 Å². The van der Waals surface area contributed by atoms with Crippen LogP contribution in [0.25, 0.3) is 0 Å². The van der Waals surface area contributed by atoms with Gasteiger partial charge < -0.3 is 14.8 Å². The quantitative estimate of drug-likeness (QED) is 0.691. The van der Waals surface area contributed by atoms with Gasteiger partial charge in [-0.1, -0.05) is 6.92 Å². The summed E-state index contributed by atoms with van der Waals surface area (Å²) in [6, 6.07) is -0.150. The molecular formula is C11H19NO4. The fourth-order valence-corrected chi connectivity index (χ4v) is 1.49. The molecule has 1 heterocycles. The molecule has 0 bridgehead atoms. The molecule has 1 N–H and O–H groups in total. The van der Waals surface area contributed by atoms with Gasteiger partial charge in [-0.05, 0) is 27.2 Å². The summed E-state index contributed by atoms with van der Waals surface area (Å²) in [6.45, 7) is 7.41.